The standard InChI is InChI=1S/C10H21NO2S/c1-8(14)9(12)11-7-10(2,3)5-6-13-4/h8,14H,5-7H2,1-4H3,(H,11,12). The maximum absolute atomic E-state index is 11.2. The van der Waals surface area contributed by atoms with Gasteiger partial charge in [-0.2, -0.15) is 12.6 Å². The molecule has 14 heavy (non-hydrogen) atoms. The molecule has 3 nitrogen and oxygen atoms in total. The van der Waals surface area contributed by atoms with Crippen molar-refractivity contribution in [3.8, 4) is 0 Å². The molecule has 1 atom stereocenters. The third-order valence-corrected chi connectivity index (χ3v) is 2.34. The smallest absolute Gasteiger partial charge is 0.232 e. The number of methoxy groups -OCH3 is 1. The Morgan fingerprint density at radius 1 is 1.57 bits per heavy atom. The van der Waals surface area contributed by atoms with Gasteiger partial charge in [0.25, 0.3) is 0 Å². The lowest BCUT2D eigenvalue weighted by Crippen LogP contribution is -2.37. The Kier molecular flexibility index (Phi) is 6.20. The van der Waals surface area contributed by atoms with Gasteiger partial charge in [0.2, 0.25) is 5.91 Å². The third-order valence-electron chi connectivity index (χ3n) is 2.10. The van der Waals surface area contributed by atoms with Crippen molar-refractivity contribution in [2.75, 3.05) is 20.3 Å². The molecular formula is C10H21NO2S. The fourth-order valence-electron chi connectivity index (χ4n) is 0.941. The van der Waals surface area contributed by atoms with Gasteiger partial charge in [-0.3, -0.25) is 4.79 Å². The van der Waals surface area contributed by atoms with Crippen molar-refractivity contribution >= 4 is 18.5 Å². The lowest BCUT2D eigenvalue weighted by atomic mass is 9.90. The molecule has 0 bridgehead atoms. The molecule has 0 saturated carbocycles. The van der Waals surface area contributed by atoms with Crippen molar-refractivity contribution < 1.29 is 9.53 Å². The van der Waals surface area contributed by atoms with Crippen LogP contribution < -0.4 is 5.32 Å². The van der Waals surface area contributed by atoms with Gasteiger partial charge in [-0.25, -0.2) is 0 Å². The monoisotopic (exact) mass is 219 g/mol. The fourth-order valence-corrected chi connectivity index (χ4v) is 1.03. The first-order chi connectivity index (χ1) is 6.39. The van der Waals surface area contributed by atoms with Crippen molar-refractivity contribution in [2.45, 2.75) is 32.4 Å². The van der Waals surface area contributed by atoms with Gasteiger partial charge in [0.15, 0.2) is 0 Å². The molecule has 0 rings (SSSR count). The van der Waals surface area contributed by atoms with E-state index in [-0.39, 0.29) is 16.6 Å². The van der Waals surface area contributed by atoms with Gasteiger partial charge in [0.1, 0.15) is 0 Å². The van der Waals surface area contributed by atoms with Crippen molar-refractivity contribution in [1.82, 2.24) is 5.32 Å². The van der Waals surface area contributed by atoms with Gasteiger partial charge < -0.3 is 10.1 Å². The highest BCUT2D eigenvalue weighted by molar-refractivity contribution is 7.81. The number of carbonyl (C=O) groups is 1. The summed E-state index contributed by atoms with van der Waals surface area (Å²) in [5, 5.41) is 2.62. The molecule has 0 aromatic heterocycles. The van der Waals surface area contributed by atoms with Gasteiger partial charge in [-0.1, -0.05) is 13.8 Å². The fraction of sp³-hybridized carbons (Fsp3) is 0.900. The summed E-state index contributed by atoms with van der Waals surface area (Å²) in [6.45, 7) is 7.37. The number of carbonyl (C=O) groups excluding carboxylic acids is 1. The normalized spacial score (nSPS) is 13.8. The highest BCUT2D eigenvalue weighted by Gasteiger charge is 2.19. The molecule has 0 aliphatic carbocycles. The summed E-state index contributed by atoms with van der Waals surface area (Å²) in [6, 6.07) is 0. The van der Waals surface area contributed by atoms with E-state index < -0.39 is 0 Å². The van der Waals surface area contributed by atoms with E-state index >= 15 is 0 Å². The van der Waals surface area contributed by atoms with E-state index in [1.165, 1.54) is 0 Å². The first-order valence-electron chi connectivity index (χ1n) is 4.84. The maximum Gasteiger partial charge on any atom is 0.232 e. The van der Waals surface area contributed by atoms with Gasteiger partial charge >= 0.3 is 0 Å². The molecule has 1 unspecified atom stereocenters. The number of nitrogens with one attached hydrogen (secondary N) is 1. The molecule has 0 aromatic carbocycles. The van der Waals surface area contributed by atoms with Crippen LogP contribution in [0.25, 0.3) is 0 Å². The van der Waals surface area contributed by atoms with E-state index in [1.54, 1.807) is 14.0 Å². The largest absolute Gasteiger partial charge is 0.385 e. The summed E-state index contributed by atoms with van der Waals surface area (Å²) >= 11 is 4.06. The van der Waals surface area contributed by atoms with Crippen LogP contribution in [0.15, 0.2) is 0 Å². The zero-order chi connectivity index (χ0) is 11.2. The van der Waals surface area contributed by atoms with Gasteiger partial charge in [-0.15, -0.1) is 0 Å². The van der Waals surface area contributed by atoms with Gasteiger partial charge in [-0.05, 0) is 18.8 Å². The second kappa shape index (κ2) is 6.30. The van der Waals surface area contributed by atoms with Crippen LogP contribution in [0.4, 0.5) is 0 Å². The molecular weight excluding hydrogens is 198 g/mol. The molecule has 0 aliphatic heterocycles. The number of hydrogen-bond donors (Lipinski definition) is 2. The van der Waals surface area contributed by atoms with Crippen LogP contribution in [-0.2, 0) is 9.53 Å². The number of rotatable bonds is 6. The van der Waals surface area contributed by atoms with E-state index in [0.717, 1.165) is 13.0 Å². The highest BCUT2D eigenvalue weighted by Crippen LogP contribution is 2.18. The molecule has 0 heterocycles. The Morgan fingerprint density at radius 2 is 2.14 bits per heavy atom. The molecule has 0 radical (unpaired) electrons. The molecule has 0 saturated heterocycles. The molecule has 1 amide bonds. The molecule has 0 fully saturated rings. The lowest BCUT2D eigenvalue weighted by Gasteiger charge is -2.24. The van der Waals surface area contributed by atoms with Crippen LogP contribution in [0, 0.1) is 5.41 Å². The molecule has 0 aliphatic rings. The highest BCUT2D eigenvalue weighted by atomic mass is 32.1. The number of hydrogen-bond acceptors (Lipinski definition) is 3. The topological polar surface area (TPSA) is 38.3 Å². The molecule has 84 valence electrons. The summed E-state index contributed by atoms with van der Waals surface area (Å²) in [7, 11) is 1.68. The number of ether oxygens (including phenoxy) is 1. The quantitative estimate of drug-likeness (QED) is 0.664. The minimum Gasteiger partial charge on any atom is -0.385 e. The second-order valence-electron chi connectivity index (χ2n) is 4.30. The van der Waals surface area contributed by atoms with Crippen LogP contribution in [0.3, 0.4) is 0 Å². The minimum absolute atomic E-state index is 0.0150. The second-order valence-corrected chi connectivity index (χ2v) is 5.08. The van der Waals surface area contributed by atoms with Crippen LogP contribution in [0.5, 0.6) is 0 Å². The Morgan fingerprint density at radius 3 is 2.57 bits per heavy atom. The predicted octanol–water partition coefficient (Wildman–Crippen LogP) is 1.48. The van der Waals surface area contributed by atoms with Crippen molar-refractivity contribution in [1.29, 1.82) is 0 Å². The number of amides is 1. The summed E-state index contributed by atoms with van der Waals surface area (Å²) in [6.07, 6.45) is 0.935. The Bertz CT molecular complexity index is 181. The van der Waals surface area contributed by atoms with Crippen LogP contribution in [0.1, 0.15) is 27.2 Å². The third kappa shape index (κ3) is 6.27. The van der Waals surface area contributed by atoms with Crippen molar-refractivity contribution in [2.24, 2.45) is 5.41 Å². The summed E-state index contributed by atoms with van der Waals surface area (Å²) < 4.78 is 5.00. The Balaban J connectivity index is 3.80. The zero-order valence-electron chi connectivity index (χ0n) is 9.46. The molecule has 4 heteroatoms. The van der Waals surface area contributed by atoms with Crippen molar-refractivity contribution in [3.05, 3.63) is 0 Å². The minimum atomic E-state index is -0.242. The molecule has 1 N–H and O–H groups in total. The van der Waals surface area contributed by atoms with E-state index in [2.05, 4.69) is 31.8 Å². The van der Waals surface area contributed by atoms with Gasteiger partial charge in [0, 0.05) is 20.3 Å². The Hall–Kier alpha value is -0.220. The average molecular weight is 219 g/mol. The van der Waals surface area contributed by atoms with Crippen LogP contribution >= 0.6 is 12.6 Å². The summed E-state index contributed by atoms with van der Waals surface area (Å²) in [5.41, 5.74) is 0.0777. The van der Waals surface area contributed by atoms with E-state index in [1.807, 2.05) is 0 Å². The molecule has 0 aromatic rings. The first kappa shape index (κ1) is 13.8. The van der Waals surface area contributed by atoms with Crippen LogP contribution in [-0.4, -0.2) is 31.4 Å². The Labute approximate surface area is 92.0 Å². The van der Waals surface area contributed by atoms with E-state index in [9.17, 15) is 4.79 Å². The lowest BCUT2D eigenvalue weighted by molar-refractivity contribution is -0.120. The van der Waals surface area contributed by atoms with E-state index in [0.29, 0.717) is 6.54 Å². The predicted molar refractivity (Wildman–Crippen MR) is 61.7 cm³/mol. The first-order valence-corrected chi connectivity index (χ1v) is 5.35. The zero-order valence-corrected chi connectivity index (χ0v) is 10.4. The summed E-state index contributed by atoms with van der Waals surface area (Å²) in [4.78, 5) is 11.2. The van der Waals surface area contributed by atoms with E-state index in [4.69, 9.17) is 4.74 Å². The average Bonchev–Trinajstić information content (AvgIpc) is 2.11. The summed E-state index contributed by atoms with van der Waals surface area (Å²) in [5.74, 6) is -0.0150. The number of thiol groups is 1. The van der Waals surface area contributed by atoms with Crippen molar-refractivity contribution in [3.63, 3.8) is 0 Å². The van der Waals surface area contributed by atoms with Gasteiger partial charge in [0.05, 0.1) is 5.25 Å². The molecule has 0 spiro atoms. The SMILES string of the molecule is COCCC(C)(C)CNC(=O)C(C)S. The maximum atomic E-state index is 11.2. The van der Waals surface area contributed by atoms with Crippen LogP contribution in [0.2, 0.25) is 0 Å².